The summed E-state index contributed by atoms with van der Waals surface area (Å²) < 4.78 is 10.8. The van der Waals surface area contributed by atoms with Crippen LogP contribution in [-0.2, 0) is 6.42 Å². The Morgan fingerprint density at radius 3 is 2.81 bits per heavy atom. The van der Waals surface area contributed by atoms with Gasteiger partial charge in [0.2, 0.25) is 0 Å². The van der Waals surface area contributed by atoms with Gasteiger partial charge >= 0.3 is 0 Å². The maximum atomic E-state index is 5.97. The second-order valence-electron chi connectivity index (χ2n) is 3.23. The highest BCUT2D eigenvalue weighted by atomic mass is 35.5. The highest BCUT2D eigenvalue weighted by Crippen LogP contribution is 2.34. The molecule has 0 saturated heterocycles. The molecule has 16 heavy (non-hydrogen) atoms. The van der Waals surface area contributed by atoms with Crippen molar-refractivity contribution in [3.05, 3.63) is 35.4 Å². The van der Waals surface area contributed by atoms with Crippen molar-refractivity contribution in [3.63, 3.8) is 0 Å². The van der Waals surface area contributed by atoms with Gasteiger partial charge in [-0.2, -0.15) is 0 Å². The molecule has 2 N–H and O–H groups in total. The topological polar surface area (TPSA) is 44.5 Å². The number of ether oxygens (including phenoxy) is 2. The fourth-order valence-electron chi connectivity index (χ4n) is 1.42. The number of hydrogen-bond donors (Lipinski definition) is 1. The summed E-state index contributed by atoms with van der Waals surface area (Å²) in [5, 5.41) is 0.617. The van der Waals surface area contributed by atoms with Crippen LogP contribution in [0.25, 0.3) is 0 Å². The van der Waals surface area contributed by atoms with Gasteiger partial charge in [-0.25, -0.2) is 0 Å². The fourth-order valence-corrected chi connectivity index (χ4v) is 1.65. The molecule has 4 heteroatoms. The van der Waals surface area contributed by atoms with Crippen LogP contribution in [0.15, 0.2) is 24.8 Å². The third kappa shape index (κ3) is 3.15. The molecular formula is C12H16ClNO2. The van der Waals surface area contributed by atoms with Crippen LogP contribution in [0.5, 0.6) is 11.5 Å². The van der Waals surface area contributed by atoms with Gasteiger partial charge in [0, 0.05) is 16.7 Å². The van der Waals surface area contributed by atoms with E-state index in [1.807, 2.05) is 6.07 Å². The van der Waals surface area contributed by atoms with E-state index in [0.717, 1.165) is 5.56 Å². The maximum Gasteiger partial charge on any atom is 0.164 e. The van der Waals surface area contributed by atoms with Crippen molar-refractivity contribution < 1.29 is 9.47 Å². The molecule has 0 radical (unpaired) electrons. The smallest absolute Gasteiger partial charge is 0.164 e. The Balaban J connectivity index is 3.10. The Morgan fingerprint density at radius 1 is 1.50 bits per heavy atom. The third-order valence-electron chi connectivity index (χ3n) is 2.08. The lowest BCUT2D eigenvalue weighted by molar-refractivity contribution is 0.323. The number of hydrogen-bond acceptors (Lipinski definition) is 3. The maximum absolute atomic E-state index is 5.97. The summed E-state index contributed by atoms with van der Waals surface area (Å²) in [7, 11) is 1.58. The van der Waals surface area contributed by atoms with Crippen LogP contribution in [-0.4, -0.2) is 20.3 Å². The van der Waals surface area contributed by atoms with E-state index in [0.29, 0.717) is 36.1 Å². The molecule has 0 spiro atoms. The third-order valence-corrected chi connectivity index (χ3v) is 2.29. The molecule has 0 aliphatic rings. The van der Waals surface area contributed by atoms with Gasteiger partial charge < -0.3 is 15.2 Å². The van der Waals surface area contributed by atoms with Crippen molar-refractivity contribution >= 4 is 11.6 Å². The second-order valence-corrected chi connectivity index (χ2v) is 3.67. The summed E-state index contributed by atoms with van der Waals surface area (Å²) in [4.78, 5) is 0. The van der Waals surface area contributed by atoms with Crippen molar-refractivity contribution in [3.8, 4) is 11.5 Å². The minimum absolute atomic E-state index is 0.426. The van der Waals surface area contributed by atoms with Crippen LogP contribution in [0.2, 0.25) is 5.02 Å². The minimum atomic E-state index is 0.426. The molecule has 1 aromatic rings. The minimum Gasteiger partial charge on any atom is -0.493 e. The van der Waals surface area contributed by atoms with E-state index in [9.17, 15) is 0 Å². The molecule has 0 aliphatic carbocycles. The molecule has 1 rings (SSSR count). The second kappa shape index (κ2) is 6.40. The molecule has 1 aromatic carbocycles. The molecule has 88 valence electrons. The molecule has 0 aliphatic heterocycles. The molecule has 0 saturated carbocycles. The molecular weight excluding hydrogens is 226 g/mol. The van der Waals surface area contributed by atoms with Gasteiger partial charge in [0.15, 0.2) is 11.5 Å². The number of rotatable bonds is 6. The van der Waals surface area contributed by atoms with Gasteiger partial charge in [-0.15, -0.1) is 0 Å². The monoisotopic (exact) mass is 241 g/mol. The van der Waals surface area contributed by atoms with Crippen LogP contribution in [0, 0.1) is 0 Å². The molecule has 0 atom stereocenters. The highest BCUT2D eigenvalue weighted by molar-refractivity contribution is 6.30. The summed E-state index contributed by atoms with van der Waals surface area (Å²) in [6.45, 7) is 4.57. The Morgan fingerprint density at radius 2 is 2.25 bits per heavy atom. The summed E-state index contributed by atoms with van der Waals surface area (Å²) in [6, 6.07) is 3.56. The first-order valence-electron chi connectivity index (χ1n) is 5.03. The lowest BCUT2D eigenvalue weighted by Crippen LogP contribution is -2.06. The predicted molar refractivity (Wildman–Crippen MR) is 66.5 cm³/mol. The van der Waals surface area contributed by atoms with Crippen LogP contribution in [0.3, 0.4) is 0 Å². The normalized spacial score (nSPS) is 9.94. The standard InChI is InChI=1S/C12H16ClNO2/c1-3-6-16-12-9(4-5-14)7-10(13)8-11(12)15-2/h3,7-8H,1,4-6,14H2,2H3. The van der Waals surface area contributed by atoms with Crippen molar-refractivity contribution in [2.75, 3.05) is 20.3 Å². The van der Waals surface area contributed by atoms with E-state index in [1.54, 1.807) is 19.3 Å². The van der Waals surface area contributed by atoms with Gasteiger partial charge in [0.25, 0.3) is 0 Å². The molecule has 0 fully saturated rings. The molecule has 3 nitrogen and oxygen atoms in total. The average molecular weight is 242 g/mol. The van der Waals surface area contributed by atoms with E-state index < -0.39 is 0 Å². The number of benzene rings is 1. The highest BCUT2D eigenvalue weighted by Gasteiger charge is 2.11. The summed E-state index contributed by atoms with van der Waals surface area (Å²) in [5.41, 5.74) is 6.49. The average Bonchev–Trinajstić information content (AvgIpc) is 2.27. The van der Waals surface area contributed by atoms with E-state index in [1.165, 1.54) is 0 Å². The Hall–Kier alpha value is -1.19. The lowest BCUT2D eigenvalue weighted by Gasteiger charge is -2.14. The number of halogens is 1. The van der Waals surface area contributed by atoms with Crippen LogP contribution in [0.4, 0.5) is 0 Å². The van der Waals surface area contributed by atoms with Gasteiger partial charge in [-0.1, -0.05) is 24.3 Å². The SMILES string of the molecule is C=CCOc1c(CCN)cc(Cl)cc1OC. The van der Waals surface area contributed by atoms with Gasteiger partial charge in [0.05, 0.1) is 7.11 Å². The largest absolute Gasteiger partial charge is 0.493 e. The Labute approximate surface area is 101 Å². The van der Waals surface area contributed by atoms with Gasteiger partial charge in [-0.05, 0) is 19.0 Å². The van der Waals surface area contributed by atoms with Crippen LogP contribution >= 0.6 is 11.6 Å². The summed E-state index contributed by atoms with van der Waals surface area (Å²) in [5.74, 6) is 1.31. The molecule has 0 amide bonds. The number of nitrogens with two attached hydrogens (primary N) is 1. The van der Waals surface area contributed by atoms with Crippen molar-refractivity contribution in [1.29, 1.82) is 0 Å². The zero-order chi connectivity index (χ0) is 12.0. The zero-order valence-electron chi connectivity index (χ0n) is 9.33. The molecule has 0 bridgehead atoms. The number of methoxy groups -OCH3 is 1. The van der Waals surface area contributed by atoms with Gasteiger partial charge in [0.1, 0.15) is 6.61 Å². The summed E-state index contributed by atoms with van der Waals surface area (Å²) >= 11 is 5.97. The molecule has 0 heterocycles. The van der Waals surface area contributed by atoms with Crippen molar-refractivity contribution in [1.82, 2.24) is 0 Å². The first-order valence-corrected chi connectivity index (χ1v) is 5.41. The quantitative estimate of drug-likeness (QED) is 0.778. The van der Waals surface area contributed by atoms with Crippen molar-refractivity contribution in [2.24, 2.45) is 5.73 Å². The Bertz CT molecular complexity index is 366. The lowest BCUT2D eigenvalue weighted by atomic mass is 10.1. The Kier molecular flexibility index (Phi) is 5.15. The zero-order valence-corrected chi connectivity index (χ0v) is 10.1. The van der Waals surface area contributed by atoms with Crippen LogP contribution < -0.4 is 15.2 Å². The predicted octanol–water partition coefficient (Wildman–Crippen LogP) is 2.41. The van der Waals surface area contributed by atoms with E-state index in [4.69, 9.17) is 26.8 Å². The first-order chi connectivity index (χ1) is 7.72. The molecule has 0 aromatic heterocycles. The van der Waals surface area contributed by atoms with Crippen LogP contribution in [0.1, 0.15) is 5.56 Å². The van der Waals surface area contributed by atoms with Gasteiger partial charge in [-0.3, -0.25) is 0 Å². The first kappa shape index (κ1) is 12.9. The van der Waals surface area contributed by atoms with E-state index >= 15 is 0 Å². The van der Waals surface area contributed by atoms with E-state index in [2.05, 4.69) is 6.58 Å². The summed E-state index contributed by atoms with van der Waals surface area (Å²) in [6.07, 6.45) is 2.38. The van der Waals surface area contributed by atoms with Crippen molar-refractivity contribution in [2.45, 2.75) is 6.42 Å². The molecule has 0 unspecified atom stereocenters. The van der Waals surface area contributed by atoms with E-state index in [-0.39, 0.29) is 0 Å². The fraction of sp³-hybridized carbons (Fsp3) is 0.333.